The normalized spacial score (nSPS) is 19.3. The van der Waals surface area contributed by atoms with E-state index in [-0.39, 0.29) is 6.04 Å². The number of aliphatic imine (C=N–C) groups is 1. The number of guanidine groups is 1. The van der Waals surface area contributed by atoms with Gasteiger partial charge in [-0.25, -0.2) is 0 Å². The second kappa shape index (κ2) is 4.88. The van der Waals surface area contributed by atoms with Crippen molar-refractivity contribution in [3.63, 3.8) is 0 Å². The summed E-state index contributed by atoms with van der Waals surface area (Å²) in [6.07, 6.45) is 0. The number of methoxy groups -OCH3 is 1. The van der Waals surface area contributed by atoms with Crippen LogP contribution >= 0.6 is 0 Å². The van der Waals surface area contributed by atoms with Crippen molar-refractivity contribution in [2.45, 2.75) is 32.9 Å². The summed E-state index contributed by atoms with van der Waals surface area (Å²) >= 11 is 0. The van der Waals surface area contributed by atoms with Gasteiger partial charge in [0.1, 0.15) is 5.75 Å². The lowest BCUT2D eigenvalue weighted by Crippen LogP contribution is -2.40. The number of benzene rings is 1. The van der Waals surface area contributed by atoms with Crippen LogP contribution < -0.4 is 10.5 Å². The molecule has 1 aromatic rings. The van der Waals surface area contributed by atoms with Crippen LogP contribution in [0.1, 0.15) is 31.0 Å². The Balaban J connectivity index is 2.30. The summed E-state index contributed by atoms with van der Waals surface area (Å²) in [5, 5.41) is 0. The van der Waals surface area contributed by atoms with Crippen LogP contribution in [0, 0.1) is 6.92 Å². The molecule has 1 atom stereocenters. The first-order valence-corrected chi connectivity index (χ1v) is 6.27. The van der Waals surface area contributed by atoms with Gasteiger partial charge in [-0.05, 0) is 38.0 Å². The molecule has 0 bridgehead atoms. The average Bonchev–Trinajstić information content (AvgIpc) is 2.71. The Morgan fingerprint density at radius 1 is 1.44 bits per heavy atom. The van der Waals surface area contributed by atoms with Crippen molar-refractivity contribution >= 4 is 5.96 Å². The van der Waals surface area contributed by atoms with E-state index in [1.54, 1.807) is 7.11 Å². The van der Waals surface area contributed by atoms with Crippen LogP contribution in [0.15, 0.2) is 23.2 Å². The number of hydrogen-bond acceptors (Lipinski definition) is 4. The average molecular weight is 247 g/mol. The van der Waals surface area contributed by atoms with E-state index >= 15 is 0 Å². The molecule has 2 N–H and O–H groups in total. The van der Waals surface area contributed by atoms with E-state index in [0.29, 0.717) is 12.0 Å². The van der Waals surface area contributed by atoms with Gasteiger partial charge in [0, 0.05) is 6.04 Å². The minimum absolute atomic E-state index is 0.245. The quantitative estimate of drug-likeness (QED) is 0.889. The van der Waals surface area contributed by atoms with Crippen molar-refractivity contribution in [2.24, 2.45) is 10.7 Å². The molecule has 98 valence electrons. The van der Waals surface area contributed by atoms with E-state index < -0.39 is 0 Å². The van der Waals surface area contributed by atoms with Crippen molar-refractivity contribution in [1.82, 2.24) is 4.90 Å². The molecule has 18 heavy (non-hydrogen) atoms. The van der Waals surface area contributed by atoms with E-state index in [2.05, 4.69) is 42.8 Å². The van der Waals surface area contributed by atoms with E-state index in [0.717, 1.165) is 17.9 Å². The molecular formula is C14H21N3O. The van der Waals surface area contributed by atoms with Gasteiger partial charge in [0.25, 0.3) is 0 Å². The first-order chi connectivity index (χ1) is 8.54. The summed E-state index contributed by atoms with van der Waals surface area (Å²) in [5.41, 5.74) is 8.34. The summed E-state index contributed by atoms with van der Waals surface area (Å²) < 4.78 is 5.29. The molecule has 0 aliphatic carbocycles. The molecule has 4 nitrogen and oxygen atoms in total. The smallest absolute Gasteiger partial charge is 0.192 e. The van der Waals surface area contributed by atoms with Gasteiger partial charge in [-0.3, -0.25) is 4.99 Å². The van der Waals surface area contributed by atoms with Crippen LogP contribution in [0.4, 0.5) is 0 Å². The predicted molar refractivity (Wildman–Crippen MR) is 73.9 cm³/mol. The SMILES string of the molecule is COc1ccc(C2CN=C(N)N2C(C)C)cc1C. The van der Waals surface area contributed by atoms with Crippen LogP contribution in [-0.2, 0) is 0 Å². The fourth-order valence-corrected chi connectivity index (χ4v) is 2.51. The Kier molecular flexibility index (Phi) is 3.45. The first kappa shape index (κ1) is 12.7. The van der Waals surface area contributed by atoms with Gasteiger partial charge < -0.3 is 15.4 Å². The zero-order chi connectivity index (χ0) is 13.3. The molecule has 1 aliphatic heterocycles. The van der Waals surface area contributed by atoms with Gasteiger partial charge in [-0.15, -0.1) is 0 Å². The molecule has 1 aromatic carbocycles. The molecular weight excluding hydrogens is 226 g/mol. The summed E-state index contributed by atoms with van der Waals surface area (Å²) in [5.74, 6) is 1.56. The molecule has 1 aliphatic rings. The third-order valence-corrected chi connectivity index (χ3v) is 3.39. The standard InChI is InChI=1S/C14H21N3O/c1-9(2)17-12(8-16-14(17)15)11-5-6-13(18-4)10(3)7-11/h5-7,9,12H,8H2,1-4H3,(H2,15,16). The zero-order valence-corrected chi connectivity index (χ0v) is 11.5. The number of ether oxygens (including phenoxy) is 1. The van der Waals surface area contributed by atoms with E-state index in [9.17, 15) is 0 Å². The van der Waals surface area contributed by atoms with Crippen LogP contribution in [-0.4, -0.2) is 30.6 Å². The van der Waals surface area contributed by atoms with Crippen LogP contribution in [0.2, 0.25) is 0 Å². The molecule has 0 saturated carbocycles. The molecule has 2 rings (SSSR count). The fourth-order valence-electron chi connectivity index (χ4n) is 2.51. The van der Waals surface area contributed by atoms with Crippen molar-refractivity contribution in [3.8, 4) is 5.75 Å². The molecule has 1 heterocycles. The lowest BCUT2D eigenvalue weighted by Gasteiger charge is -2.30. The topological polar surface area (TPSA) is 50.9 Å². The largest absolute Gasteiger partial charge is 0.496 e. The van der Waals surface area contributed by atoms with E-state index in [1.165, 1.54) is 5.56 Å². The van der Waals surface area contributed by atoms with E-state index in [1.807, 2.05) is 6.07 Å². The molecule has 0 radical (unpaired) electrons. The van der Waals surface area contributed by atoms with E-state index in [4.69, 9.17) is 10.5 Å². The molecule has 4 heteroatoms. The second-order valence-electron chi connectivity index (χ2n) is 4.94. The molecule has 0 aromatic heterocycles. The first-order valence-electron chi connectivity index (χ1n) is 6.27. The Labute approximate surface area is 108 Å². The van der Waals surface area contributed by atoms with Gasteiger partial charge in [-0.1, -0.05) is 12.1 Å². The highest BCUT2D eigenvalue weighted by molar-refractivity contribution is 5.80. The monoisotopic (exact) mass is 247 g/mol. The summed E-state index contributed by atoms with van der Waals surface area (Å²) in [7, 11) is 1.69. The predicted octanol–water partition coefficient (Wildman–Crippen LogP) is 2.08. The summed E-state index contributed by atoms with van der Waals surface area (Å²) in [4.78, 5) is 6.53. The maximum atomic E-state index is 5.95. The Morgan fingerprint density at radius 2 is 2.17 bits per heavy atom. The third kappa shape index (κ3) is 2.15. The van der Waals surface area contributed by atoms with Gasteiger partial charge in [0.05, 0.1) is 19.7 Å². The minimum atomic E-state index is 0.245. The summed E-state index contributed by atoms with van der Waals surface area (Å²) in [6.45, 7) is 7.06. The molecule has 0 amide bonds. The summed E-state index contributed by atoms with van der Waals surface area (Å²) in [6, 6.07) is 6.86. The minimum Gasteiger partial charge on any atom is -0.496 e. The van der Waals surface area contributed by atoms with Gasteiger partial charge in [0.2, 0.25) is 0 Å². The van der Waals surface area contributed by atoms with Crippen molar-refractivity contribution in [1.29, 1.82) is 0 Å². The molecule has 0 fully saturated rings. The number of rotatable bonds is 3. The highest BCUT2D eigenvalue weighted by Crippen LogP contribution is 2.30. The third-order valence-electron chi connectivity index (χ3n) is 3.39. The number of hydrogen-bond donors (Lipinski definition) is 1. The molecule has 0 spiro atoms. The maximum Gasteiger partial charge on any atom is 0.192 e. The van der Waals surface area contributed by atoms with Crippen molar-refractivity contribution in [3.05, 3.63) is 29.3 Å². The zero-order valence-electron chi connectivity index (χ0n) is 11.5. The van der Waals surface area contributed by atoms with Crippen molar-refractivity contribution in [2.75, 3.05) is 13.7 Å². The van der Waals surface area contributed by atoms with Crippen molar-refractivity contribution < 1.29 is 4.74 Å². The van der Waals surface area contributed by atoms with Gasteiger partial charge in [-0.2, -0.15) is 0 Å². The molecule has 0 saturated heterocycles. The number of nitrogens with zero attached hydrogens (tertiary/aromatic N) is 2. The number of aryl methyl sites for hydroxylation is 1. The van der Waals surface area contributed by atoms with Crippen LogP contribution in [0.3, 0.4) is 0 Å². The maximum absolute atomic E-state index is 5.95. The Bertz CT molecular complexity index is 468. The lowest BCUT2D eigenvalue weighted by molar-refractivity contribution is 0.290. The Morgan fingerprint density at radius 3 is 2.72 bits per heavy atom. The highest BCUT2D eigenvalue weighted by atomic mass is 16.5. The second-order valence-corrected chi connectivity index (χ2v) is 4.94. The fraction of sp³-hybridized carbons (Fsp3) is 0.500. The Hall–Kier alpha value is -1.71. The number of nitrogens with two attached hydrogens (primary N) is 1. The van der Waals surface area contributed by atoms with Crippen LogP contribution in [0.25, 0.3) is 0 Å². The highest BCUT2D eigenvalue weighted by Gasteiger charge is 2.29. The molecule has 1 unspecified atom stereocenters. The van der Waals surface area contributed by atoms with Crippen LogP contribution in [0.5, 0.6) is 5.75 Å². The lowest BCUT2D eigenvalue weighted by atomic mass is 10.0. The van der Waals surface area contributed by atoms with Gasteiger partial charge >= 0.3 is 0 Å². The van der Waals surface area contributed by atoms with Gasteiger partial charge in [0.15, 0.2) is 5.96 Å².